The third kappa shape index (κ3) is 6.02. The van der Waals surface area contributed by atoms with Gasteiger partial charge in [0.15, 0.2) is 11.0 Å². The third-order valence-corrected chi connectivity index (χ3v) is 5.78. The van der Waals surface area contributed by atoms with Crippen LogP contribution in [0, 0.1) is 6.92 Å². The zero-order chi connectivity index (χ0) is 22.2. The van der Waals surface area contributed by atoms with Gasteiger partial charge in [-0.15, -0.1) is 16.8 Å². The Hall–Kier alpha value is -2.97. The van der Waals surface area contributed by atoms with Gasteiger partial charge in [0.1, 0.15) is 18.1 Å². The first-order chi connectivity index (χ1) is 15.0. The number of methoxy groups -OCH3 is 1. The van der Waals surface area contributed by atoms with Crippen LogP contribution >= 0.6 is 23.4 Å². The van der Waals surface area contributed by atoms with Crippen molar-refractivity contribution < 1.29 is 14.3 Å². The maximum absolute atomic E-state index is 12.4. The average Bonchev–Trinajstić information content (AvgIpc) is 3.16. The number of thioether (sulfide) groups is 1. The van der Waals surface area contributed by atoms with Crippen LogP contribution in [0.25, 0.3) is 0 Å². The summed E-state index contributed by atoms with van der Waals surface area (Å²) >= 11 is 7.41. The van der Waals surface area contributed by atoms with E-state index in [0.29, 0.717) is 34.0 Å². The van der Waals surface area contributed by atoms with Gasteiger partial charge in [0.25, 0.3) is 0 Å². The Morgan fingerprint density at radius 3 is 2.68 bits per heavy atom. The first-order valence-corrected chi connectivity index (χ1v) is 10.9. The van der Waals surface area contributed by atoms with Crippen molar-refractivity contribution in [1.29, 1.82) is 0 Å². The Morgan fingerprint density at radius 2 is 1.97 bits per heavy atom. The largest absolute Gasteiger partial charge is 0.497 e. The lowest BCUT2D eigenvalue weighted by Gasteiger charge is -2.11. The number of hydrogen-bond donors (Lipinski definition) is 1. The molecule has 0 radical (unpaired) electrons. The lowest BCUT2D eigenvalue weighted by molar-refractivity contribution is -0.113. The van der Waals surface area contributed by atoms with Gasteiger partial charge >= 0.3 is 0 Å². The zero-order valence-corrected chi connectivity index (χ0v) is 18.9. The van der Waals surface area contributed by atoms with Crippen LogP contribution in [-0.2, 0) is 17.9 Å². The fourth-order valence-electron chi connectivity index (χ4n) is 2.72. The molecule has 0 saturated heterocycles. The lowest BCUT2D eigenvalue weighted by Crippen LogP contribution is -2.15. The maximum Gasteiger partial charge on any atom is 0.234 e. The number of amides is 1. The quantitative estimate of drug-likeness (QED) is 0.349. The lowest BCUT2D eigenvalue weighted by atomic mass is 10.2. The van der Waals surface area contributed by atoms with Gasteiger partial charge in [0.2, 0.25) is 5.91 Å². The molecule has 1 heterocycles. The molecule has 162 valence electrons. The highest BCUT2D eigenvalue weighted by Crippen LogP contribution is 2.24. The highest BCUT2D eigenvalue weighted by Gasteiger charge is 2.15. The van der Waals surface area contributed by atoms with Crippen LogP contribution in [0.5, 0.6) is 11.5 Å². The summed E-state index contributed by atoms with van der Waals surface area (Å²) in [5.74, 6) is 2.12. The maximum atomic E-state index is 12.4. The molecule has 31 heavy (non-hydrogen) atoms. The highest BCUT2D eigenvalue weighted by atomic mass is 35.5. The van der Waals surface area contributed by atoms with Gasteiger partial charge in [-0.05, 0) is 48.9 Å². The molecule has 0 aliphatic rings. The topological polar surface area (TPSA) is 78.3 Å². The molecular formula is C22H23ClN4O3S. The molecule has 0 aliphatic carbocycles. The predicted molar refractivity (Wildman–Crippen MR) is 123 cm³/mol. The van der Waals surface area contributed by atoms with Crippen LogP contribution in [0.4, 0.5) is 5.69 Å². The molecular weight excluding hydrogens is 436 g/mol. The molecule has 1 N–H and O–H groups in total. The molecule has 3 rings (SSSR count). The van der Waals surface area contributed by atoms with Gasteiger partial charge in [0, 0.05) is 17.3 Å². The van der Waals surface area contributed by atoms with Crippen molar-refractivity contribution in [3.05, 3.63) is 71.5 Å². The summed E-state index contributed by atoms with van der Waals surface area (Å²) in [6.45, 7) is 6.40. The summed E-state index contributed by atoms with van der Waals surface area (Å²) in [5.41, 5.74) is 1.52. The van der Waals surface area contributed by atoms with E-state index in [4.69, 9.17) is 21.1 Å². The van der Waals surface area contributed by atoms with E-state index in [1.165, 1.54) is 11.8 Å². The van der Waals surface area contributed by atoms with Crippen molar-refractivity contribution in [2.24, 2.45) is 0 Å². The SMILES string of the molecule is C=CCn1c(COc2ccc(OC)cc2)nnc1SCC(=O)Nc1cccc(Cl)c1C. The number of nitrogens with zero attached hydrogens (tertiary/aromatic N) is 3. The van der Waals surface area contributed by atoms with Crippen LogP contribution in [0.1, 0.15) is 11.4 Å². The van der Waals surface area contributed by atoms with Crippen molar-refractivity contribution in [1.82, 2.24) is 14.8 Å². The normalized spacial score (nSPS) is 10.5. The molecule has 0 spiro atoms. The number of ether oxygens (including phenoxy) is 2. The van der Waals surface area contributed by atoms with E-state index in [1.807, 2.05) is 41.8 Å². The number of carbonyl (C=O) groups excluding carboxylic acids is 1. The first-order valence-electron chi connectivity index (χ1n) is 9.49. The number of hydrogen-bond acceptors (Lipinski definition) is 6. The van der Waals surface area contributed by atoms with Crippen LogP contribution in [0.15, 0.2) is 60.3 Å². The molecule has 0 bridgehead atoms. The molecule has 9 heteroatoms. The third-order valence-electron chi connectivity index (χ3n) is 4.41. The van der Waals surface area contributed by atoms with Crippen LogP contribution in [0.3, 0.4) is 0 Å². The highest BCUT2D eigenvalue weighted by molar-refractivity contribution is 7.99. The van der Waals surface area contributed by atoms with E-state index in [0.717, 1.165) is 11.3 Å². The molecule has 0 aliphatic heterocycles. The zero-order valence-electron chi connectivity index (χ0n) is 17.3. The van der Waals surface area contributed by atoms with E-state index in [9.17, 15) is 4.79 Å². The second-order valence-electron chi connectivity index (χ2n) is 6.51. The minimum atomic E-state index is -0.153. The Balaban J connectivity index is 1.61. The van der Waals surface area contributed by atoms with E-state index >= 15 is 0 Å². The van der Waals surface area contributed by atoms with Crippen LogP contribution in [0.2, 0.25) is 5.02 Å². The summed E-state index contributed by atoms with van der Waals surface area (Å²) in [7, 11) is 1.61. The Bertz CT molecular complexity index is 1050. The molecule has 0 fully saturated rings. The summed E-state index contributed by atoms with van der Waals surface area (Å²) in [4.78, 5) is 12.4. The van der Waals surface area contributed by atoms with E-state index in [-0.39, 0.29) is 18.3 Å². The van der Waals surface area contributed by atoms with Crippen LogP contribution in [-0.4, -0.2) is 33.5 Å². The molecule has 1 aromatic heterocycles. The summed E-state index contributed by atoms with van der Waals surface area (Å²) in [6.07, 6.45) is 1.75. The fourth-order valence-corrected chi connectivity index (χ4v) is 3.67. The minimum Gasteiger partial charge on any atom is -0.497 e. The number of halogens is 1. The van der Waals surface area contributed by atoms with Crippen molar-refractivity contribution in [2.45, 2.75) is 25.2 Å². The number of nitrogens with one attached hydrogen (secondary N) is 1. The second-order valence-corrected chi connectivity index (χ2v) is 7.86. The smallest absolute Gasteiger partial charge is 0.234 e. The number of anilines is 1. The number of carbonyl (C=O) groups is 1. The number of benzene rings is 2. The summed E-state index contributed by atoms with van der Waals surface area (Å²) < 4.78 is 12.8. The summed E-state index contributed by atoms with van der Waals surface area (Å²) in [6, 6.07) is 12.7. The predicted octanol–water partition coefficient (Wildman–Crippen LogP) is 4.74. The van der Waals surface area contributed by atoms with Gasteiger partial charge in [-0.2, -0.15) is 0 Å². The van der Waals surface area contributed by atoms with Gasteiger partial charge in [-0.25, -0.2) is 0 Å². The molecule has 2 aromatic carbocycles. The van der Waals surface area contributed by atoms with Gasteiger partial charge in [-0.3, -0.25) is 9.36 Å². The fraction of sp³-hybridized carbons (Fsp3) is 0.227. The molecule has 7 nitrogen and oxygen atoms in total. The molecule has 3 aromatic rings. The monoisotopic (exact) mass is 458 g/mol. The van der Waals surface area contributed by atoms with E-state index in [2.05, 4.69) is 22.1 Å². The second kappa shape index (κ2) is 10.9. The van der Waals surface area contributed by atoms with Crippen molar-refractivity contribution >= 4 is 35.0 Å². The van der Waals surface area contributed by atoms with Crippen molar-refractivity contribution in [2.75, 3.05) is 18.2 Å². The summed E-state index contributed by atoms with van der Waals surface area (Å²) in [5, 5.41) is 12.5. The molecule has 0 unspecified atom stereocenters. The van der Waals surface area contributed by atoms with Gasteiger partial charge in [0.05, 0.1) is 12.9 Å². The number of rotatable bonds is 10. The molecule has 0 atom stereocenters. The molecule has 1 amide bonds. The van der Waals surface area contributed by atoms with Gasteiger partial charge in [-0.1, -0.05) is 35.5 Å². The van der Waals surface area contributed by atoms with Gasteiger partial charge < -0.3 is 14.8 Å². The molecule has 0 saturated carbocycles. The Morgan fingerprint density at radius 1 is 1.23 bits per heavy atom. The van der Waals surface area contributed by atoms with Crippen molar-refractivity contribution in [3.63, 3.8) is 0 Å². The van der Waals surface area contributed by atoms with E-state index < -0.39 is 0 Å². The standard InChI is InChI=1S/C22H23ClN4O3S/c1-4-12-27-20(13-30-17-10-8-16(29-3)9-11-17)25-26-22(27)31-14-21(28)24-19-7-5-6-18(23)15(19)2/h4-11H,1,12-14H2,2-3H3,(H,24,28). The van der Waals surface area contributed by atoms with E-state index in [1.54, 1.807) is 25.3 Å². The minimum absolute atomic E-state index is 0.153. The van der Waals surface area contributed by atoms with Crippen molar-refractivity contribution in [3.8, 4) is 11.5 Å². The average molecular weight is 459 g/mol. The number of aromatic nitrogens is 3. The van der Waals surface area contributed by atoms with Crippen LogP contribution < -0.4 is 14.8 Å². The Labute approximate surface area is 190 Å². The Kier molecular flexibility index (Phi) is 7.97. The number of allylic oxidation sites excluding steroid dienone is 1. The first kappa shape index (κ1) is 22.7.